The molecule has 6 heteroatoms. The molecule has 134 valence electrons. The molecule has 0 saturated carbocycles. The Balaban J connectivity index is 2.19. The van der Waals surface area contributed by atoms with Gasteiger partial charge in [-0.15, -0.1) is 11.8 Å². The second-order valence-electron chi connectivity index (χ2n) is 5.89. The van der Waals surface area contributed by atoms with E-state index in [1.165, 1.54) is 12.1 Å². The van der Waals surface area contributed by atoms with Crippen LogP contribution < -0.4 is 5.43 Å². The standard InChI is InChI=1S/C20H16F3NOS/c1-24-11-17(13-5-3-7-15(9-13)20(21,22)23)19(25)18(12-24)14-6-4-8-16(10-14)26-2/h3-12H,1-2H3. The van der Waals surface area contributed by atoms with Crippen LogP contribution in [0.2, 0.25) is 0 Å². The van der Waals surface area contributed by atoms with Crippen molar-refractivity contribution < 1.29 is 13.2 Å². The Morgan fingerprint density at radius 1 is 0.923 bits per heavy atom. The number of aryl methyl sites for hydroxylation is 1. The molecule has 1 heterocycles. The molecule has 3 rings (SSSR count). The van der Waals surface area contributed by atoms with Gasteiger partial charge in [-0.1, -0.05) is 24.3 Å². The number of halogens is 3. The Labute approximate surface area is 153 Å². The minimum Gasteiger partial charge on any atom is -0.356 e. The van der Waals surface area contributed by atoms with Crippen molar-refractivity contribution in [1.29, 1.82) is 0 Å². The third-order valence-corrected chi connectivity index (χ3v) is 4.76. The van der Waals surface area contributed by atoms with Crippen molar-refractivity contribution in [1.82, 2.24) is 4.57 Å². The van der Waals surface area contributed by atoms with E-state index in [0.717, 1.165) is 22.6 Å². The quantitative estimate of drug-likeness (QED) is 0.567. The highest BCUT2D eigenvalue weighted by Gasteiger charge is 2.30. The van der Waals surface area contributed by atoms with Gasteiger partial charge in [0.2, 0.25) is 0 Å². The van der Waals surface area contributed by atoms with Crippen LogP contribution in [0.15, 0.2) is 70.6 Å². The van der Waals surface area contributed by atoms with E-state index in [1.54, 1.807) is 35.8 Å². The summed E-state index contributed by atoms with van der Waals surface area (Å²) in [6.07, 6.45) is 0.737. The molecule has 0 amide bonds. The second kappa shape index (κ2) is 7.03. The number of thioether (sulfide) groups is 1. The molecule has 0 N–H and O–H groups in total. The second-order valence-corrected chi connectivity index (χ2v) is 6.77. The van der Waals surface area contributed by atoms with Crippen LogP contribution in [-0.4, -0.2) is 10.8 Å². The van der Waals surface area contributed by atoms with Crippen molar-refractivity contribution in [3.8, 4) is 22.3 Å². The van der Waals surface area contributed by atoms with Crippen molar-refractivity contribution in [3.05, 3.63) is 76.7 Å². The number of hydrogen-bond donors (Lipinski definition) is 0. The van der Waals surface area contributed by atoms with Crippen LogP contribution in [0.3, 0.4) is 0 Å². The number of pyridine rings is 1. The molecule has 0 aliphatic heterocycles. The lowest BCUT2D eigenvalue weighted by Gasteiger charge is -2.12. The molecule has 0 spiro atoms. The first-order chi connectivity index (χ1) is 12.3. The maximum atomic E-state index is 13.0. The average molecular weight is 375 g/mol. The first-order valence-electron chi connectivity index (χ1n) is 7.82. The lowest BCUT2D eigenvalue weighted by molar-refractivity contribution is -0.137. The van der Waals surface area contributed by atoms with Gasteiger partial charge >= 0.3 is 6.18 Å². The summed E-state index contributed by atoms with van der Waals surface area (Å²) in [7, 11) is 1.75. The normalized spacial score (nSPS) is 11.6. The molecule has 0 fully saturated rings. The topological polar surface area (TPSA) is 22.0 Å². The van der Waals surface area contributed by atoms with Crippen LogP contribution in [-0.2, 0) is 13.2 Å². The van der Waals surface area contributed by atoms with Gasteiger partial charge in [0, 0.05) is 35.5 Å². The van der Waals surface area contributed by atoms with E-state index in [-0.39, 0.29) is 16.6 Å². The minimum atomic E-state index is -4.45. The van der Waals surface area contributed by atoms with Gasteiger partial charge in [0.1, 0.15) is 0 Å². The summed E-state index contributed by atoms with van der Waals surface area (Å²) in [6, 6.07) is 12.4. The molecule has 0 aliphatic rings. The molecule has 0 atom stereocenters. The summed E-state index contributed by atoms with van der Waals surface area (Å²) in [6.45, 7) is 0. The SMILES string of the molecule is CSc1cccc(-c2cn(C)cc(-c3cccc(C(F)(F)F)c3)c2=O)c1. The largest absolute Gasteiger partial charge is 0.416 e. The molecule has 0 saturated heterocycles. The Morgan fingerprint density at radius 3 is 2.08 bits per heavy atom. The summed E-state index contributed by atoms with van der Waals surface area (Å²) in [5, 5.41) is 0. The van der Waals surface area contributed by atoms with E-state index in [2.05, 4.69) is 0 Å². The predicted octanol–water partition coefficient (Wildman–Crippen LogP) is 5.46. The molecule has 0 unspecified atom stereocenters. The highest BCUT2D eigenvalue weighted by Crippen LogP contribution is 2.32. The number of aromatic nitrogens is 1. The van der Waals surface area contributed by atoms with Crippen LogP contribution in [0.1, 0.15) is 5.56 Å². The average Bonchev–Trinajstić information content (AvgIpc) is 2.62. The molecule has 26 heavy (non-hydrogen) atoms. The van der Waals surface area contributed by atoms with Gasteiger partial charge in [-0.25, -0.2) is 0 Å². The molecule has 2 nitrogen and oxygen atoms in total. The fraction of sp³-hybridized carbons (Fsp3) is 0.150. The number of rotatable bonds is 3. The van der Waals surface area contributed by atoms with Gasteiger partial charge in [-0.05, 0) is 41.6 Å². The molecule has 0 bridgehead atoms. The number of hydrogen-bond acceptors (Lipinski definition) is 2. The van der Waals surface area contributed by atoms with E-state index >= 15 is 0 Å². The van der Waals surface area contributed by atoms with Crippen LogP contribution in [0.25, 0.3) is 22.3 Å². The maximum Gasteiger partial charge on any atom is 0.416 e. The van der Waals surface area contributed by atoms with Crippen LogP contribution in [0.5, 0.6) is 0 Å². The Hall–Kier alpha value is -2.47. The fourth-order valence-corrected chi connectivity index (χ4v) is 3.23. The van der Waals surface area contributed by atoms with Crippen molar-refractivity contribution >= 4 is 11.8 Å². The van der Waals surface area contributed by atoms with Gasteiger partial charge < -0.3 is 4.57 Å². The zero-order valence-corrected chi connectivity index (χ0v) is 15.0. The summed E-state index contributed by atoms with van der Waals surface area (Å²) < 4.78 is 40.7. The number of alkyl halides is 3. The van der Waals surface area contributed by atoms with Gasteiger partial charge in [-0.3, -0.25) is 4.79 Å². The Bertz CT molecular complexity index is 1010. The first kappa shape index (κ1) is 18.3. The highest BCUT2D eigenvalue weighted by molar-refractivity contribution is 7.98. The fourth-order valence-electron chi connectivity index (χ4n) is 2.77. The zero-order valence-electron chi connectivity index (χ0n) is 14.2. The van der Waals surface area contributed by atoms with Crippen molar-refractivity contribution in [2.75, 3.05) is 6.26 Å². The Kier molecular flexibility index (Phi) is 4.96. The summed E-state index contributed by atoms with van der Waals surface area (Å²) >= 11 is 1.56. The molecule has 0 aliphatic carbocycles. The first-order valence-corrected chi connectivity index (χ1v) is 9.04. The third kappa shape index (κ3) is 3.70. The van der Waals surface area contributed by atoms with Crippen molar-refractivity contribution in [2.45, 2.75) is 11.1 Å². The Morgan fingerprint density at radius 2 is 1.50 bits per heavy atom. The molecule has 3 aromatic rings. The predicted molar refractivity (Wildman–Crippen MR) is 99.3 cm³/mol. The van der Waals surface area contributed by atoms with E-state index in [0.29, 0.717) is 5.56 Å². The monoisotopic (exact) mass is 375 g/mol. The lowest BCUT2D eigenvalue weighted by atomic mass is 9.99. The van der Waals surface area contributed by atoms with Crippen LogP contribution in [0, 0.1) is 0 Å². The molecular formula is C20H16F3NOS. The maximum absolute atomic E-state index is 13.0. The number of nitrogens with zero attached hydrogens (tertiary/aromatic N) is 1. The molecular weight excluding hydrogens is 359 g/mol. The molecule has 1 aromatic heterocycles. The van der Waals surface area contributed by atoms with Crippen molar-refractivity contribution in [3.63, 3.8) is 0 Å². The highest BCUT2D eigenvalue weighted by atomic mass is 32.2. The molecule has 2 aromatic carbocycles. The van der Waals surface area contributed by atoms with E-state index in [1.807, 2.05) is 30.5 Å². The van der Waals surface area contributed by atoms with Gasteiger partial charge in [0.15, 0.2) is 5.43 Å². The van der Waals surface area contributed by atoms with E-state index in [9.17, 15) is 18.0 Å². The lowest BCUT2D eigenvalue weighted by Crippen LogP contribution is -2.12. The number of benzene rings is 2. The van der Waals surface area contributed by atoms with E-state index < -0.39 is 11.7 Å². The van der Waals surface area contributed by atoms with E-state index in [4.69, 9.17) is 0 Å². The summed E-state index contributed by atoms with van der Waals surface area (Å²) in [5.41, 5.74) is 0.631. The summed E-state index contributed by atoms with van der Waals surface area (Å²) in [4.78, 5) is 14.0. The van der Waals surface area contributed by atoms with Gasteiger partial charge in [0.25, 0.3) is 0 Å². The van der Waals surface area contributed by atoms with Crippen LogP contribution >= 0.6 is 11.8 Å². The van der Waals surface area contributed by atoms with Gasteiger partial charge in [-0.2, -0.15) is 13.2 Å². The zero-order chi connectivity index (χ0) is 18.9. The van der Waals surface area contributed by atoms with Crippen molar-refractivity contribution in [2.24, 2.45) is 7.05 Å². The minimum absolute atomic E-state index is 0.241. The summed E-state index contributed by atoms with van der Waals surface area (Å²) in [5.74, 6) is 0. The third-order valence-electron chi connectivity index (χ3n) is 4.04. The smallest absolute Gasteiger partial charge is 0.356 e. The van der Waals surface area contributed by atoms with Crippen LogP contribution in [0.4, 0.5) is 13.2 Å². The van der Waals surface area contributed by atoms with Gasteiger partial charge in [0.05, 0.1) is 5.56 Å². The molecule has 0 radical (unpaired) electrons.